The molecular weight excluding hydrogens is 148 g/mol. The Morgan fingerprint density at radius 3 is 2.75 bits per heavy atom. The fourth-order valence-electron chi connectivity index (χ4n) is 0.904. The van der Waals surface area contributed by atoms with Crippen LogP contribution in [0.2, 0.25) is 0 Å². The first-order valence-electron chi connectivity index (χ1n) is 4.30. The van der Waals surface area contributed by atoms with E-state index in [-0.39, 0.29) is 0 Å². The Balaban J connectivity index is 3.51. The van der Waals surface area contributed by atoms with Crippen molar-refractivity contribution in [3.8, 4) is 11.8 Å². The van der Waals surface area contributed by atoms with E-state index in [0.717, 1.165) is 25.5 Å². The van der Waals surface area contributed by atoms with E-state index in [4.69, 9.17) is 0 Å². The Bertz CT molecular complexity index is 203. The molecule has 0 aliphatic heterocycles. The van der Waals surface area contributed by atoms with Gasteiger partial charge in [0.2, 0.25) is 0 Å². The van der Waals surface area contributed by atoms with Crippen LogP contribution >= 0.6 is 0 Å². The van der Waals surface area contributed by atoms with Crippen LogP contribution in [0.3, 0.4) is 0 Å². The molecule has 0 aromatic heterocycles. The normalized spacial score (nSPS) is 10.3. The lowest BCUT2D eigenvalue weighted by atomic mass is 10.1. The Kier molecular flexibility index (Phi) is 7.38. The monoisotopic (exact) mass is 164 g/mol. The molecule has 1 nitrogen and oxygen atoms in total. The summed E-state index contributed by atoms with van der Waals surface area (Å²) < 4.78 is 0. The highest BCUT2D eigenvalue weighted by Crippen LogP contribution is 2.04. The van der Waals surface area contributed by atoms with Gasteiger partial charge < -0.3 is 4.79 Å². The van der Waals surface area contributed by atoms with Crippen LogP contribution in [0.1, 0.15) is 39.5 Å². The highest BCUT2D eigenvalue weighted by Gasteiger charge is 1.87. The summed E-state index contributed by atoms with van der Waals surface area (Å²) in [7, 11) is 0. The molecule has 0 saturated heterocycles. The van der Waals surface area contributed by atoms with E-state index >= 15 is 0 Å². The summed E-state index contributed by atoms with van der Waals surface area (Å²) in [4.78, 5) is 10.0. The van der Waals surface area contributed by atoms with Gasteiger partial charge in [-0.25, -0.2) is 0 Å². The second kappa shape index (κ2) is 8.07. The molecule has 12 heavy (non-hydrogen) atoms. The lowest BCUT2D eigenvalue weighted by molar-refractivity contribution is -0.107. The number of carbonyl (C=O) groups is 1. The van der Waals surface area contributed by atoms with Crippen molar-refractivity contribution in [2.75, 3.05) is 0 Å². The summed E-state index contributed by atoms with van der Waals surface area (Å²) in [5.74, 6) is 5.84. The summed E-state index contributed by atoms with van der Waals surface area (Å²) in [6.45, 7) is 3.91. The number of unbranched alkanes of at least 4 members (excludes halogenated alkanes) is 1. The SMILES string of the molecule is CC#CCCC=C(C)CCC=O. The first kappa shape index (κ1) is 11.0. The number of hydrogen-bond acceptors (Lipinski definition) is 1. The van der Waals surface area contributed by atoms with Gasteiger partial charge in [-0.05, 0) is 26.7 Å². The smallest absolute Gasteiger partial charge is 0.120 e. The minimum Gasteiger partial charge on any atom is -0.303 e. The first-order chi connectivity index (χ1) is 5.81. The molecule has 0 atom stereocenters. The maximum absolute atomic E-state index is 10.0. The Labute approximate surface area is 74.9 Å². The molecule has 0 aliphatic rings. The molecule has 0 aromatic rings. The molecule has 0 N–H and O–H groups in total. The minimum atomic E-state index is 0.641. The van der Waals surface area contributed by atoms with E-state index in [1.165, 1.54) is 5.57 Å². The van der Waals surface area contributed by atoms with E-state index in [0.29, 0.717) is 6.42 Å². The summed E-state index contributed by atoms with van der Waals surface area (Å²) >= 11 is 0. The second-order valence-electron chi connectivity index (χ2n) is 2.72. The van der Waals surface area contributed by atoms with Gasteiger partial charge in [0.05, 0.1) is 0 Å². The predicted octanol–water partition coefficient (Wildman–Crippen LogP) is 2.72. The highest BCUT2D eigenvalue weighted by molar-refractivity contribution is 5.49. The zero-order valence-corrected chi connectivity index (χ0v) is 7.89. The van der Waals surface area contributed by atoms with Gasteiger partial charge in [0.1, 0.15) is 6.29 Å². The summed E-state index contributed by atoms with van der Waals surface area (Å²) in [5.41, 5.74) is 1.29. The van der Waals surface area contributed by atoms with E-state index in [1.807, 2.05) is 6.92 Å². The largest absolute Gasteiger partial charge is 0.303 e. The van der Waals surface area contributed by atoms with Crippen molar-refractivity contribution < 1.29 is 4.79 Å². The fourth-order valence-corrected chi connectivity index (χ4v) is 0.904. The average molecular weight is 164 g/mol. The minimum absolute atomic E-state index is 0.641. The molecule has 1 heteroatoms. The topological polar surface area (TPSA) is 17.1 Å². The molecule has 0 aromatic carbocycles. The van der Waals surface area contributed by atoms with E-state index in [1.54, 1.807) is 0 Å². The van der Waals surface area contributed by atoms with Crippen LogP contribution in [-0.2, 0) is 4.79 Å². The summed E-state index contributed by atoms with van der Waals surface area (Å²) in [6, 6.07) is 0. The van der Waals surface area contributed by atoms with E-state index in [9.17, 15) is 4.79 Å². The fraction of sp³-hybridized carbons (Fsp3) is 0.545. The summed E-state index contributed by atoms with van der Waals surface area (Å²) in [6.07, 6.45) is 6.59. The maximum Gasteiger partial charge on any atom is 0.120 e. The van der Waals surface area contributed by atoms with E-state index in [2.05, 4.69) is 24.8 Å². The first-order valence-corrected chi connectivity index (χ1v) is 4.30. The molecule has 0 heterocycles. The molecule has 0 aliphatic carbocycles. The van der Waals surface area contributed by atoms with Crippen molar-refractivity contribution in [1.29, 1.82) is 0 Å². The molecule has 0 saturated carbocycles. The standard InChI is InChI=1S/C11H16O/c1-3-4-5-6-8-11(2)9-7-10-12/h8,10H,5-7,9H2,1-2H3. The number of allylic oxidation sites excluding steroid dienone is 2. The molecule has 0 bridgehead atoms. The third-order valence-electron chi connectivity index (χ3n) is 1.60. The summed E-state index contributed by atoms with van der Waals surface area (Å²) in [5, 5.41) is 0. The Morgan fingerprint density at radius 1 is 1.42 bits per heavy atom. The Morgan fingerprint density at radius 2 is 2.17 bits per heavy atom. The lowest BCUT2D eigenvalue weighted by Crippen LogP contribution is -1.79. The number of rotatable bonds is 5. The molecule has 0 amide bonds. The van der Waals surface area contributed by atoms with Crippen LogP contribution in [0.5, 0.6) is 0 Å². The third kappa shape index (κ3) is 7.08. The zero-order chi connectivity index (χ0) is 9.23. The zero-order valence-electron chi connectivity index (χ0n) is 7.89. The van der Waals surface area contributed by atoms with Crippen LogP contribution in [0.15, 0.2) is 11.6 Å². The van der Waals surface area contributed by atoms with E-state index < -0.39 is 0 Å². The van der Waals surface area contributed by atoms with Crippen LogP contribution < -0.4 is 0 Å². The quantitative estimate of drug-likeness (QED) is 0.264. The molecule has 0 rings (SSSR count). The molecular formula is C11H16O. The lowest BCUT2D eigenvalue weighted by Gasteiger charge is -1.94. The van der Waals surface area contributed by atoms with Crippen LogP contribution in [-0.4, -0.2) is 6.29 Å². The molecule has 0 radical (unpaired) electrons. The maximum atomic E-state index is 10.0. The van der Waals surface area contributed by atoms with Crippen LogP contribution in [0.4, 0.5) is 0 Å². The molecule has 0 unspecified atom stereocenters. The van der Waals surface area contributed by atoms with Gasteiger partial charge in [0, 0.05) is 12.8 Å². The van der Waals surface area contributed by atoms with Gasteiger partial charge in [0.15, 0.2) is 0 Å². The van der Waals surface area contributed by atoms with Crippen LogP contribution in [0, 0.1) is 11.8 Å². The number of hydrogen-bond donors (Lipinski definition) is 0. The number of aldehydes is 1. The van der Waals surface area contributed by atoms with Crippen molar-refractivity contribution in [1.82, 2.24) is 0 Å². The Hall–Kier alpha value is -1.03. The molecule has 0 spiro atoms. The van der Waals surface area contributed by atoms with Crippen molar-refractivity contribution in [3.05, 3.63) is 11.6 Å². The average Bonchev–Trinajstić information content (AvgIpc) is 2.09. The second-order valence-corrected chi connectivity index (χ2v) is 2.72. The predicted molar refractivity (Wildman–Crippen MR) is 51.7 cm³/mol. The van der Waals surface area contributed by atoms with Gasteiger partial charge in [-0.3, -0.25) is 0 Å². The molecule has 66 valence electrons. The van der Waals surface area contributed by atoms with Gasteiger partial charge in [-0.1, -0.05) is 11.6 Å². The van der Waals surface area contributed by atoms with Crippen LogP contribution in [0.25, 0.3) is 0 Å². The van der Waals surface area contributed by atoms with Crippen molar-refractivity contribution >= 4 is 6.29 Å². The van der Waals surface area contributed by atoms with Gasteiger partial charge >= 0.3 is 0 Å². The third-order valence-corrected chi connectivity index (χ3v) is 1.60. The van der Waals surface area contributed by atoms with Crippen molar-refractivity contribution in [3.63, 3.8) is 0 Å². The van der Waals surface area contributed by atoms with Gasteiger partial charge in [-0.2, -0.15) is 0 Å². The van der Waals surface area contributed by atoms with Crippen molar-refractivity contribution in [2.45, 2.75) is 39.5 Å². The van der Waals surface area contributed by atoms with Crippen molar-refractivity contribution in [2.24, 2.45) is 0 Å². The molecule has 0 fully saturated rings. The van der Waals surface area contributed by atoms with Gasteiger partial charge in [0.25, 0.3) is 0 Å². The van der Waals surface area contributed by atoms with Gasteiger partial charge in [-0.15, -0.1) is 11.8 Å². The number of carbonyl (C=O) groups excluding carboxylic acids is 1. The highest BCUT2D eigenvalue weighted by atomic mass is 16.1.